The van der Waals surface area contributed by atoms with Gasteiger partial charge in [0.15, 0.2) is 0 Å². The predicted octanol–water partition coefficient (Wildman–Crippen LogP) is 2.72. The Morgan fingerprint density at radius 3 is 3.17 bits per heavy atom. The first kappa shape index (κ1) is 7.62. The minimum atomic E-state index is 1.01. The number of aliphatic imine (C=N–C) groups is 1. The van der Waals surface area contributed by atoms with Crippen molar-refractivity contribution in [2.75, 3.05) is 5.75 Å². The predicted molar refractivity (Wildman–Crippen MR) is 53.9 cm³/mol. The van der Waals surface area contributed by atoms with Gasteiger partial charge in [-0.1, -0.05) is 24.3 Å². The standard InChI is InChI=1S/C10H9NS/c1-2-5-10-9(4-1)8-11-6-3-7-12-10/h1-6,8H,7H2. The molecular formula is C10H9NS. The van der Waals surface area contributed by atoms with Crippen LogP contribution in [0.1, 0.15) is 5.56 Å². The zero-order chi connectivity index (χ0) is 8.23. The van der Waals surface area contributed by atoms with Crippen LogP contribution in [0.3, 0.4) is 0 Å². The maximum absolute atomic E-state index is 4.15. The average molecular weight is 175 g/mol. The maximum Gasteiger partial charge on any atom is 0.0351 e. The SMILES string of the molecule is C1=CN=Cc2ccccc2SC1. The van der Waals surface area contributed by atoms with Gasteiger partial charge in [0.05, 0.1) is 0 Å². The van der Waals surface area contributed by atoms with Gasteiger partial charge in [0.1, 0.15) is 0 Å². The average Bonchev–Trinajstić information content (AvgIpc) is 2.06. The van der Waals surface area contributed by atoms with E-state index in [2.05, 4.69) is 29.3 Å². The molecule has 0 spiro atoms. The number of rotatable bonds is 0. The van der Waals surface area contributed by atoms with Crippen molar-refractivity contribution in [3.8, 4) is 0 Å². The maximum atomic E-state index is 4.15. The second kappa shape index (κ2) is 3.59. The van der Waals surface area contributed by atoms with Gasteiger partial charge in [-0.2, -0.15) is 0 Å². The fourth-order valence-electron chi connectivity index (χ4n) is 1.08. The Hall–Kier alpha value is -1.02. The van der Waals surface area contributed by atoms with Crippen molar-refractivity contribution >= 4 is 18.0 Å². The Kier molecular flexibility index (Phi) is 2.28. The highest BCUT2D eigenvalue weighted by Gasteiger charge is 1.99. The lowest BCUT2D eigenvalue weighted by molar-refractivity contribution is 1.40. The number of hydrogen-bond acceptors (Lipinski definition) is 2. The zero-order valence-electron chi connectivity index (χ0n) is 6.60. The van der Waals surface area contributed by atoms with E-state index in [1.54, 1.807) is 0 Å². The summed E-state index contributed by atoms with van der Waals surface area (Å²) in [5.41, 5.74) is 1.21. The molecule has 0 atom stereocenters. The summed E-state index contributed by atoms with van der Waals surface area (Å²) in [5, 5.41) is 0. The largest absolute Gasteiger partial charge is 0.264 e. The minimum Gasteiger partial charge on any atom is -0.264 e. The van der Waals surface area contributed by atoms with E-state index in [1.165, 1.54) is 10.5 Å². The van der Waals surface area contributed by atoms with Gasteiger partial charge in [-0.15, -0.1) is 11.8 Å². The van der Waals surface area contributed by atoms with Gasteiger partial charge >= 0.3 is 0 Å². The molecule has 1 nitrogen and oxygen atoms in total. The molecule has 2 rings (SSSR count). The third kappa shape index (κ3) is 1.59. The third-order valence-electron chi connectivity index (χ3n) is 1.66. The van der Waals surface area contributed by atoms with Crippen molar-refractivity contribution < 1.29 is 0 Å². The van der Waals surface area contributed by atoms with E-state index in [4.69, 9.17) is 0 Å². The molecule has 1 aromatic rings. The number of fused-ring (bicyclic) bond motifs is 1. The molecule has 0 saturated heterocycles. The van der Waals surface area contributed by atoms with E-state index < -0.39 is 0 Å². The highest BCUT2D eigenvalue weighted by Crippen LogP contribution is 2.22. The Balaban J connectivity index is 2.43. The second-order valence-electron chi connectivity index (χ2n) is 2.51. The fourth-order valence-corrected chi connectivity index (χ4v) is 1.91. The van der Waals surface area contributed by atoms with Gasteiger partial charge in [0, 0.05) is 28.6 Å². The molecule has 0 aromatic heterocycles. The molecule has 0 saturated carbocycles. The topological polar surface area (TPSA) is 12.4 Å². The number of benzene rings is 1. The van der Waals surface area contributed by atoms with Gasteiger partial charge in [0.2, 0.25) is 0 Å². The summed E-state index contributed by atoms with van der Waals surface area (Å²) in [6.07, 6.45) is 5.82. The van der Waals surface area contributed by atoms with Gasteiger partial charge in [0.25, 0.3) is 0 Å². The van der Waals surface area contributed by atoms with Crippen molar-refractivity contribution in [3.63, 3.8) is 0 Å². The van der Waals surface area contributed by atoms with Crippen LogP contribution in [-0.2, 0) is 0 Å². The van der Waals surface area contributed by atoms with Crippen LogP contribution in [0.15, 0.2) is 46.4 Å². The first-order valence-corrected chi connectivity index (χ1v) is 4.85. The van der Waals surface area contributed by atoms with E-state index in [9.17, 15) is 0 Å². The lowest BCUT2D eigenvalue weighted by Gasteiger charge is -2.03. The summed E-state index contributed by atoms with van der Waals surface area (Å²) < 4.78 is 0. The van der Waals surface area contributed by atoms with Crippen LogP contribution in [0.2, 0.25) is 0 Å². The van der Waals surface area contributed by atoms with Crippen molar-refractivity contribution in [1.29, 1.82) is 0 Å². The number of hydrogen-bond donors (Lipinski definition) is 0. The molecule has 12 heavy (non-hydrogen) atoms. The monoisotopic (exact) mass is 175 g/mol. The van der Waals surface area contributed by atoms with Gasteiger partial charge in [-0.05, 0) is 6.07 Å². The van der Waals surface area contributed by atoms with Crippen LogP contribution in [0.4, 0.5) is 0 Å². The molecule has 0 amide bonds. The highest BCUT2D eigenvalue weighted by molar-refractivity contribution is 7.99. The number of nitrogens with zero attached hydrogens (tertiary/aromatic N) is 1. The van der Waals surface area contributed by atoms with Crippen LogP contribution >= 0.6 is 11.8 Å². The van der Waals surface area contributed by atoms with E-state index in [-0.39, 0.29) is 0 Å². The van der Waals surface area contributed by atoms with Crippen molar-refractivity contribution in [1.82, 2.24) is 0 Å². The van der Waals surface area contributed by atoms with Crippen molar-refractivity contribution in [3.05, 3.63) is 42.1 Å². The van der Waals surface area contributed by atoms with Crippen LogP contribution in [0.5, 0.6) is 0 Å². The molecule has 1 aliphatic rings. The zero-order valence-corrected chi connectivity index (χ0v) is 7.42. The Labute approximate surface area is 76.2 Å². The third-order valence-corrected chi connectivity index (χ3v) is 2.70. The summed E-state index contributed by atoms with van der Waals surface area (Å²) in [6, 6.07) is 8.32. The van der Waals surface area contributed by atoms with E-state index >= 15 is 0 Å². The smallest absolute Gasteiger partial charge is 0.0351 e. The second-order valence-corrected chi connectivity index (χ2v) is 3.57. The van der Waals surface area contributed by atoms with Crippen LogP contribution < -0.4 is 0 Å². The van der Waals surface area contributed by atoms with E-state index in [0.29, 0.717) is 0 Å². The first-order chi connectivity index (χ1) is 5.97. The van der Waals surface area contributed by atoms with Crippen molar-refractivity contribution in [2.45, 2.75) is 4.90 Å². The van der Waals surface area contributed by atoms with E-state index in [1.807, 2.05) is 30.2 Å². The highest BCUT2D eigenvalue weighted by atomic mass is 32.2. The van der Waals surface area contributed by atoms with Crippen LogP contribution in [0.25, 0.3) is 0 Å². The van der Waals surface area contributed by atoms with Gasteiger partial charge in [-0.3, -0.25) is 4.99 Å². The quantitative estimate of drug-likeness (QED) is 0.590. The molecule has 0 N–H and O–H groups in total. The molecule has 1 aromatic carbocycles. The summed E-state index contributed by atoms with van der Waals surface area (Å²) in [5.74, 6) is 1.01. The Bertz CT molecular complexity index is 328. The lowest BCUT2D eigenvalue weighted by atomic mass is 10.2. The molecule has 60 valence electrons. The van der Waals surface area contributed by atoms with Gasteiger partial charge in [-0.25, -0.2) is 0 Å². The van der Waals surface area contributed by atoms with E-state index in [0.717, 1.165) is 5.75 Å². The summed E-state index contributed by atoms with van der Waals surface area (Å²) in [4.78, 5) is 5.46. The molecule has 0 unspecified atom stereocenters. The molecule has 1 heterocycles. The number of thioether (sulfide) groups is 1. The molecular weight excluding hydrogens is 166 g/mol. The molecule has 0 bridgehead atoms. The van der Waals surface area contributed by atoms with Gasteiger partial charge < -0.3 is 0 Å². The van der Waals surface area contributed by atoms with Crippen molar-refractivity contribution in [2.24, 2.45) is 4.99 Å². The summed E-state index contributed by atoms with van der Waals surface area (Å²) in [7, 11) is 0. The lowest BCUT2D eigenvalue weighted by Crippen LogP contribution is -1.87. The molecule has 0 radical (unpaired) electrons. The summed E-state index contributed by atoms with van der Waals surface area (Å²) in [6.45, 7) is 0. The molecule has 0 aliphatic carbocycles. The normalized spacial score (nSPS) is 15.0. The van der Waals surface area contributed by atoms with Crippen LogP contribution in [-0.4, -0.2) is 12.0 Å². The Morgan fingerprint density at radius 2 is 2.17 bits per heavy atom. The Morgan fingerprint density at radius 1 is 1.25 bits per heavy atom. The minimum absolute atomic E-state index is 1.01. The fraction of sp³-hybridized carbons (Fsp3) is 0.100. The summed E-state index contributed by atoms with van der Waals surface area (Å²) >= 11 is 1.84. The molecule has 2 heteroatoms. The molecule has 0 fully saturated rings. The molecule has 1 aliphatic heterocycles. The first-order valence-electron chi connectivity index (χ1n) is 3.87. The van der Waals surface area contributed by atoms with Crippen LogP contribution in [0, 0.1) is 0 Å².